The van der Waals surface area contributed by atoms with Crippen molar-refractivity contribution in [1.29, 1.82) is 0 Å². The van der Waals surface area contributed by atoms with Gasteiger partial charge in [0, 0.05) is 38.8 Å². The molecule has 1 saturated heterocycles. The van der Waals surface area contributed by atoms with Crippen molar-refractivity contribution in [3.05, 3.63) is 53.7 Å². The number of benzene rings is 1. The number of alkyl halides is 3. The molecule has 190 valence electrons. The molecule has 3 heterocycles. The number of fused-ring (bicyclic) bond motifs is 1. The third-order valence-corrected chi connectivity index (χ3v) is 5.57. The number of aliphatic hydroxyl groups is 1. The second-order valence-corrected chi connectivity index (χ2v) is 8.16. The highest BCUT2D eigenvalue weighted by Gasteiger charge is 2.30. The number of piperazine rings is 1. The number of carbonyl (C=O) groups excluding carboxylic acids is 1. The molecule has 1 aliphatic heterocycles. The van der Waals surface area contributed by atoms with Crippen LogP contribution in [0.4, 0.5) is 24.9 Å². The Kier molecular flexibility index (Phi) is 7.65. The van der Waals surface area contributed by atoms with Gasteiger partial charge in [-0.3, -0.25) is 9.69 Å². The van der Waals surface area contributed by atoms with Gasteiger partial charge in [-0.15, -0.1) is 13.2 Å². The van der Waals surface area contributed by atoms with Crippen molar-refractivity contribution in [2.75, 3.05) is 49.5 Å². The molecule has 1 aliphatic rings. The van der Waals surface area contributed by atoms with Gasteiger partial charge in [0.1, 0.15) is 17.1 Å². The van der Waals surface area contributed by atoms with Gasteiger partial charge in [-0.2, -0.15) is 0 Å². The Morgan fingerprint density at radius 3 is 2.47 bits per heavy atom. The number of ether oxygens (including phenoxy) is 1. The van der Waals surface area contributed by atoms with Crippen LogP contribution in [0.15, 0.2) is 42.5 Å². The van der Waals surface area contributed by atoms with E-state index >= 15 is 0 Å². The fourth-order valence-corrected chi connectivity index (χ4v) is 3.79. The average molecular weight is 502 g/mol. The molecule has 1 amide bonds. The van der Waals surface area contributed by atoms with Crippen LogP contribution in [-0.4, -0.2) is 76.6 Å². The fourth-order valence-electron chi connectivity index (χ4n) is 3.79. The number of aryl methyl sites for hydroxylation is 1. The highest BCUT2D eigenvalue weighted by molar-refractivity contribution is 6.01. The van der Waals surface area contributed by atoms with Gasteiger partial charge < -0.3 is 20.1 Å². The molecular weight excluding hydrogens is 477 g/mol. The van der Waals surface area contributed by atoms with Crippen molar-refractivity contribution in [1.82, 2.24) is 19.9 Å². The van der Waals surface area contributed by atoms with Crippen molar-refractivity contribution in [3.8, 4) is 5.75 Å². The van der Waals surface area contributed by atoms with Gasteiger partial charge in [0.2, 0.25) is 11.9 Å². The lowest BCUT2D eigenvalue weighted by Crippen LogP contribution is -2.47. The minimum atomic E-state index is -4.76. The molecule has 3 aromatic rings. The summed E-state index contributed by atoms with van der Waals surface area (Å²) in [6.45, 7) is 5.79. The summed E-state index contributed by atoms with van der Waals surface area (Å²) in [6, 6.07) is 8.56. The standard InChI is InChI=1S/C24H25F3N6O3/c1-16-22-19(29-23(28-16)33-12-10-32(11-13-33)14-15-34)7-8-20(31-22)30-21(35)9-4-17-2-5-18(6-3-17)36-24(25,26)27/h2-9,34H,10-15H2,1H3,(H,30,31,35)/b9-4+. The number of aromatic nitrogens is 3. The van der Waals surface area contributed by atoms with E-state index in [2.05, 4.69) is 34.8 Å². The van der Waals surface area contributed by atoms with E-state index in [9.17, 15) is 18.0 Å². The van der Waals surface area contributed by atoms with Gasteiger partial charge >= 0.3 is 6.36 Å². The lowest BCUT2D eigenvalue weighted by atomic mass is 10.2. The summed E-state index contributed by atoms with van der Waals surface area (Å²) >= 11 is 0. The maximum absolute atomic E-state index is 12.3. The van der Waals surface area contributed by atoms with E-state index in [-0.39, 0.29) is 12.4 Å². The number of pyridine rings is 1. The highest BCUT2D eigenvalue weighted by Crippen LogP contribution is 2.23. The molecular formula is C24H25F3N6O3. The Bertz CT molecular complexity index is 1240. The molecule has 2 aromatic heterocycles. The van der Waals surface area contributed by atoms with Crippen LogP contribution in [0.25, 0.3) is 17.1 Å². The summed E-state index contributed by atoms with van der Waals surface area (Å²) in [7, 11) is 0. The number of hydrogen-bond donors (Lipinski definition) is 2. The SMILES string of the molecule is Cc1nc(N2CCN(CCO)CC2)nc2ccc(NC(=O)/C=C/c3ccc(OC(F)(F)F)cc3)nc12. The smallest absolute Gasteiger partial charge is 0.406 e. The largest absolute Gasteiger partial charge is 0.573 e. The number of anilines is 2. The first-order valence-corrected chi connectivity index (χ1v) is 11.3. The van der Waals surface area contributed by atoms with Crippen LogP contribution >= 0.6 is 0 Å². The number of nitrogens with zero attached hydrogens (tertiary/aromatic N) is 5. The monoisotopic (exact) mass is 502 g/mol. The van der Waals surface area contributed by atoms with E-state index in [1.54, 1.807) is 12.1 Å². The molecule has 9 nitrogen and oxygen atoms in total. The number of β-amino-alcohol motifs (C(OH)–C–C–N with tert-alkyl or cyclic N) is 1. The zero-order valence-corrected chi connectivity index (χ0v) is 19.5. The third kappa shape index (κ3) is 6.67. The lowest BCUT2D eigenvalue weighted by molar-refractivity contribution is -0.274. The third-order valence-electron chi connectivity index (χ3n) is 5.57. The van der Waals surface area contributed by atoms with Crippen molar-refractivity contribution >= 4 is 34.8 Å². The second kappa shape index (κ2) is 10.9. The van der Waals surface area contributed by atoms with Crippen LogP contribution in [0.3, 0.4) is 0 Å². The van der Waals surface area contributed by atoms with Gasteiger partial charge in [-0.25, -0.2) is 15.0 Å². The number of hydrogen-bond acceptors (Lipinski definition) is 8. The summed E-state index contributed by atoms with van der Waals surface area (Å²) in [5.41, 5.74) is 2.44. The summed E-state index contributed by atoms with van der Waals surface area (Å²) in [6.07, 6.45) is -2.03. The van der Waals surface area contributed by atoms with Crippen LogP contribution in [0.5, 0.6) is 5.75 Å². The Morgan fingerprint density at radius 1 is 1.08 bits per heavy atom. The number of rotatable bonds is 7. The molecule has 36 heavy (non-hydrogen) atoms. The molecule has 2 N–H and O–H groups in total. The number of aliphatic hydroxyl groups excluding tert-OH is 1. The van der Waals surface area contributed by atoms with Crippen molar-refractivity contribution in [3.63, 3.8) is 0 Å². The summed E-state index contributed by atoms with van der Waals surface area (Å²) < 4.78 is 40.6. The quantitative estimate of drug-likeness (QED) is 0.476. The van der Waals surface area contributed by atoms with Gasteiger partial charge in [0.05, 0.1) is 17.8 Å². The molecule has 0 radical (unpaired) electrons. The normalized spacial score (nSPS) is 15.0. The summed E-state index contributed by atoms with van der Waals surface area (Å²) in [4.78, 5) is 30.3. The van der Waals surface area contributed by atoms with Gasteiger partial charge in [-0.1, -0.05) is 12.1 Å². The zero-order valence-electron chi connectivity index (χ0n) is 19.5. The fraction of sp³-hybridized carbons (Fsp3) is 0.333. The molecule has 0 spiro atoms. The van der Waals surface area contributed by atoms with E-state index in [0.29, 0.717) is 40.6 Å². The summed E-state index contributed by atoms with van der Waals surface area (Å²) in [5.74, 6) is 0.155. The predicted molar refractivity (Wildman–Crippen MR) is 129 cm³/mol. The first-order chi connectivity index (χ1) is 17.2. The Hall–Kier alpha value is -3.77. The lowest BCUT2D eigenvalue weighted by Gasteiger charge is -2.34. The molecule has 12 heteroatoms. The molecule has 0 aliphatic carbocycles. The summed E-state index contributed by atoms with van der Waals surface area (Å²) in [5, 5.41) is 11.8. The van der Waals surface area contributed by atoms with E-state index in [4.69, 9.17) is 5.11 Å². The zero-order chi connectivity index (χ0) is 25.7. The molecule has 0 saturated carbocycles. The minimum Gasteiger partial charge on any atom is -0.406 e. The van der Waals surface area contributed by atoms with Gasteiger partial charge in [0.15, 0.2) is 0 Å². The van der Waals surface area contributed by atoms with Crippen molar-refractivity contribution in [2.45, 2.75) is 13.3 Å². The van der Waals surface area contributed by atoms with E-state index in [1.807, 2.05) is 6.92 Å². The number of amides is 1. The molecule has 1 fully saturated rings. The Balaban J connectivity index is 1.39. The molecule has 0 atom stereocenters. The van der Waals surface area contributed by atoms with Crippen LogP contribution in [0, 0.1) is 6.92 Å². The number of halogens is 3. The molecule has 1 aromatic carbocycles. The Morgan fingerprint density at radius 2 is 1.81 bits per heavy atom. The minimum absolute atomic E-state index is 0.139. The van der Waals surface area contributed by atoms with Gasteiger partial charge in [0.25, 0.3) is 0 Å². The van der Waals surface area contributed by atoms with Crippen LogP contribution < -0.4 is 15.0 Å². The number of carbonyl (C=O) groups is 1. The number of nitrogens with one attached hydrogen (secondary N) is 1. The van der Waals surface area contributed by atoms with E-state index in [1.165, 1.54) is 36.4 Å². The maximum atomic E-state index is 12.3. The predicted octanol–water partition coefficient (Wildman–Crippen LogP) is 3.00. The van der Waals surface area contributed by atoms with Crippen LogP contribution in [0.1, 0.15) is 11.3 Å². The molecule has 0 unspecified atom stereocenters. The maximum Gasteiger partial charge on any atom is 0.573 e. The average Bonchev–Trinajstić information content (AvgIpc) is 2.84. The second-order valence-electron chi connectivity index (χ2n) is 8.16. The topological polar surface area (TPSA) is 104 Å². The van der Waals surface area contributed by atoms with E-state index < -0.39 is 12.3 Å². The Labute approximate surface area is 205 Å². The first kappa shape index (κ1) is 25.3. The highest BCUT2D eigenvalue weighted by atomic mass is 19.4. The first-order valence-electron chi connectivity index (χ1n) is 11.3. The molecule has 4 rings (SSSR count). The van der Waals surface area contributed by atoms with Crippen molar-refractivity contribution in [2.24, 2.45) is 0 Å². The van der Waals surface area contributed by atoms with Crippen LogP contribution in [-0.2, 0) is 4.79 Å². The van der Waals surface area contributed by atoms with Crippen molar-refractivity contribution < 1.29 is 27.8 Å². The van der Waals surface area contributed by atoms with Gasteiger partial charge in [-0.05, 0) is 42.8 Å². The van der Waals surface area contributed by atoms with Crippen LogP contribution in [0.2, 0.25) is 0 Å². The van der Waals surface area contributed by atoms with E-state index in [0.717, 1.165) is 26.2 Å². The molecule has 0 bridgehead atoms.